The first kappa shape index (κ1) is 10.9. The summed E-state index contributed by atoms with van der Waals surface area (Å²) in [4.78, 5) is 33.6. The van der Waals surface area contributed by atoms with Crippen molar-refractivity contribution in [3.05, 3.63) is 29.3 Å². The van der Waals surface area contributed by atoms with Gasteiger partial charge in [0, 0.05) is 11.5 Å². The molecule has 1 aromatic carbocycles. The number of ketones is 1. The first-order valence-corrected chi connectivity index (χ1v) is 4.72. The van der Waals surface area contributed by atoms with E-state index in [1.807, 2.05) is 0 Å². The number of nitrogens with one attached hydrogen (secondary N) is 1. The van der Waals surface area contributed by atoms with Crippen LogP contribution in [0.1, 0.15) is 15.9 Å². The van der Waals surface area contributed by atoms with Gasteiger partial charge in [-0.25, -0.2) is 4.79 Å². The average molecular weight is 229 g/mol. The van der Waals surface area contributed by atoms with Crippen LogP contribution in [0.15, 0.2) is 18.2 Å². The predicted molar refractivity (Wildman–Crippen MR) is 58.3 cm³/mol. The van der Waals surface area contributed by atoms with E-state index in [4.69, 9.17) is 0 Å². The molecule has 0 atom stereocenters. The first-order chi connectivity index (χ1) is 8.13. The summed E-state index contributed by atoms with van der Waals surface area (Å²) in [6.45, 7) is 0. The fraction of sp³-hybridized carbons (Fsp3) is 0.0833. The molecule has 0 saturated heterocycles. The molecule has 5 heteroatoms. The number of anilines is 1. The molecule has 2 rings (SSSR count). The van der Waals surface area contributed by atoms with Gasteiger partial charge in [-0.15, -0.1) is 0 Å². The van der Waals surface area contributed by atoms with Gasteiger partial charge in [0.25, 0.3) is 11.7 Å². The van der Waals surface area contributed by atoms with Crippen molar-refractivity contribution in [2.75, 3.05) is 12.4 Å². The number of amides is 1. The standard InChI is InChI=1S/C12H7NO4/c1-17-9(14)6-5-7-3-2-4-8-10(7)11(15)12(16)13-8/h2-4H,1H3,(H,13,15,16). The van der Waals surface area contributed by atoms with Crippen molar-refractivity contribution < 1.29 is 19.1 Å². The van der Waals surface area contributed by atoms with Gasteiger partial charge in [-0.1, -0.05) is 12.0 Å². The lowest BCUT2D eigenvalue weighted by atomic mass is 10.0. The van der Waals surface area contributed by atoms with Crippen LogP contribution < -0.4 is 5.32 Å². The van der Waals surface area contributed by atoms with E-state index in [0.29, 0.717) is 11.3 Å². The summed E-state index contributed by atoms with van der Waals surface area (Å²) in [6.07, 6.45) is 0. The van der Waals surface area contributed by atoms with E-state index in [1.165, 1.54) is 7.11 Å². The molecule has 1 aliphatic rings. The van der Waals surface area contributed by atoms with E-state index < -0.39 is 17.7 Å². The molecule has 0 unspecified atom stereocenters. The highest BCUT2D eigenvalue weighted by atomic mass is 16.5. The van der Waals surface area contributed by atoms with Crippen molar-refractivity contribution >= 4 is 23.3 Å². The summed E-state index contributed by atoms with van der Waals surface area (Å²) in [5.41, 5.74) is 0.946. The van der Waals surface area contributed by atoms with Gasteiger partial charge < -0.3 is 10.1 Å². The fourth-order valence-corrected chi connectivity index (χ4v) is 1.47. The quantitative estimate of drug-likeness (QED) is 0.395. The van der Waals surface area contributed by atoms with Crippen molar-refractivity contribution in [2.24, 2.45) is 0 Å². The number of fused-ring (bicyclic) bond motifs is 1. The lowest BCUT2D eigenvalue weighted by Gasteiger charge is -1.98. The van der Waals surface area contributed by atoms with Crippen LogP contribution in [0.4, 0.5) is 5.69 Å². The van der Waals surface area contributed by atoms with Gasteiger partial charge in [0.05, 0.1) is 18.4 Å². The Balaban J connectivity index is 2.48. The molecule has 1 aromatic rings. The minimum absolute atomic E-state index is 0.203. The zero-order valence-electron chi connectivity index (χ0n) is 8.87. The Morgan fingerprint density at radius 3 is 2.82 bits per heavy atom. The highest BCUT2D eigenvalue weighted by molar-refractivity contribution is 6.52. The molecular formula is C12H7NO4. The lowest BCUT2D eigenvalue weighted by molar-refractivity contribution is -0.133. The van der Waals surface area contributed by atoms with Crippen LogP contribution in [0.3, 0.4) is 0 Å². The number of benzene rings is 1. The van der Waals surface area contributed by atoms with E-state index in [9.17, 15) is 14.4 Å². The van der Waals surface area contributed by atoms with E-state index in [1.54, 1.807) is 18.2 Å². The van der Waals surface area contributed by atoms with Gasteiger partial charge in [0.15, 0.2) is 0 Å². The maximum absolute atomic E-state index is 11.5. The van der Waals surface area contributed by atoms with Crippen LogP contribution >= 0.6 is 0 Å². The molecule has 0 fully saturated rings. The third kappa shape index (κ3) is 1.88. The molecule has 0 spiro atoms. The number of carbonyl (C=O) groups is 3. The average Bonchev–Trinajstić information content (AvgIpc) is 2.63. The Hall–Kier alpha value is -2.61. The number of methoxy groups -OCH3 is 1. The first-order valence-electron chi connectivity index (χ1n) is 4.72. The Morgan fingerprint density at radius 1 is 1.35 bits per heavy atom. The van der Waals surface area contributed by atoms with Crippen molar-refractivity contribution in [2.45, 2.75) is 0 Å². The number of carbonyl (C=O) groups excluding carboxylic acids is 3. The number of rotatable bonds is 0. The summed E-state index contributed by atoms with van der Waals surface area (Å²) in [7, 11) is 1.21. The van der Waals surface area contributed by atoms with Crippen LogP contribution in [-0.2, 0) is 14.3 Å². The Morgan fingerprint density at radius 2 is 2.12 bits per heavy atom. The van der Waals surface area contributed by atoms with E-state index >= 15 is 0 Å². The lowest BCUT2D eigenvalue weighted by Crippen LogP contribution is -2.13. The van der Waals surface area contributed by atoms with Crippen LogP contribution in [0, 0.1) is 11.8 Å². The molecule has 84 valence electrons. The second-order valence-electron chi connectivity index (χ2n) is 3.25. The minimum atomic E-state index is -0.702. The summed E-state index contributed by atoms with van der Waals surface area (Å²) >= 11 is 0. The van der Waals surface area contributed by atoms with Crippen LogP contribution in [0.2, 0.25) is 0 Å². The summed E-state index contributed by atoms with van der Waals surface area (Å²) in [5, 5.41) is 2.42. The molecule has 0 radical (unpaired) electrons. The van der Waals surface area contributed by atoms with Crippen molar-refractivity contribution in [3.63, 3.8) is 0 Å². The Bertz CT molecular complexity index is 592. The summed E-state index contributed by atoms with van der Waals surface area (Å²) < 4.78 is 4.36. The van der Waals surface area contributed by atoms with Crippen molar-refractivity contribution in [3.8, 4) is 11.8 Å². The summed E-state index contributed by atoms with van der Waals surface area (Å²) in [6, 6.07) is 4.80. The SMILES string of the molecule is COC(=O)C#Cc1cccc2c1C(=O)C(=O)N2. The number of Topliss-reactive ketones (excluding diaryl/α,β-unsaturated/α-hetero) is 1. The van der Waals surface area contributed by atoms with Crippen LogP contribution in [0.5, 0.6) is 0 Å². The Labute approximate surface area is 96.8 Å². The second kappa shape index (κ2) is 4.10. The maximum Gasteiger partial charge on any atom is 0.384 e. The molecular weight excluding hydrogens is 222 g/mol. The van der Waals surface area contributed by atoms with Crippen LogP contribution in [0.25, 0.3) is 0 Å². The monoisotopic (exact) mass is 229 g/mol. The number of hydrogen-bond acceptors (Lipinski definition) is 4. The highest BCUT2D eigenvalue weighted by Gasteiger charge is 2.29. The smallest absolute Gasteiger partial charge is 0.384 e. The topological polar surface area (TPSA) is 72.5 Å². The van der Waals surface area contributed by atoms with Gasteiger partial charge in [0.2, 0.25) is 0 Å². The van der Waals surface area contributed by atoms with E-state index in [2.05, 4.69) is 21.9 Å². The van der Waals surface area contributed by atoms with Gasteiger partial charge in [-0.3, -0.25) is 9.59 Å². The third-order valence-corrected chi connectivity index (χ3v) is 2.23. The largest absolute Gasteiger partial charge is 0.459 e. The number of ether oxygens (including phenoxy) is 1. The molecule has 0 bridgehead atoms. The summed E-state index contributed by atoms with van der Waals surface area (Å²) in [5.74, 6) is 2.69. The highest BCUT2D eigenvalue weighted by Crippen LogP contribution is 2.25. The molecule has 5 nitrogen and oxygen atoms in total. The molecule has 17 heavy (non-hydrogen) atoms. The van der Waals surface area contributed by atoms with Gasteiger partial charge in [0.1, 0.15) is 0 Å². The molecule has 1 heterocycles. The second-order valence-corrected chi connectivity index (χ2v) is 3.25. The molecule has 1 aliphatic heterocycles. The van der Waals surface area contributed by atoms with Gasteiger partial charge >= 0.3 is 5.97 Å². The Kier molecular flexibility index (Phi) is 2.63. The number of esters is 1. The number of hydrogen-bond donors (Lipinski definition) is 1. The van der Waals surface area contributed by atoms with Gasteiger partial charge in [-0.05, 0) is 12.1 Å². The normalized spacial score (nSPS) is 12.3. The predicted octanol–water partition coefficient (Wildman–Crippen LogP) is 0.346. The van der Waals surface area contributed by atoms with Crippen molar-refractivity contribution in [1.29, 1.82) is 0 Å². The van der Waals surface area contributed by atoms with Crippen LogP contribution in [-0.4, -0.2) is 24.8 Å². The molecule has 1 amide bonds. The van der Waals surface area contributed by atoms with Gasteiger partial charge in [-0.2, -0.15) is 0 Å². The zero-order valence-corrected chi connectivity index (χ0v) is 8.87. The molecule has 0 aliphatic carbocycles. The third-order valence-electron chi connectivity index (χ3n) is 2.23. The molecule has 0 aromatic heterocycles. The van der Waals surface area contributed by atoms with E-state index in [-0.39, 0.29) is 5.56 Å². The maximum atomic E-state index is 11.5. The van der Waals surface area contributed by atoms with Crippen molar-refractivity contribution in [1.82, 2.24) is 0 Å². The minimum Gasteiger partial charge on any atom is -0.459 e. The molecule has 1 N–H and O–H groups in total. The molecule has 0 saturated carbocycles. The zero-order chi connectivity index (χ0) is 12.4. The fourth-order valence-electron chi connectivity index (χ4n) is 1.47. The van der Waals surface area contributed by atoms with E-state index in [0.717, 1.165) is 0 Å².